The van der Waals surface area contributed by atoms with Gasteiger partial charge in [-0.1, -0.05) is 30.3 Å². The molecule has 0 amide bonds. The van der Waals surface area contributed by atoms with Gasteiger partial charge in [0.15, 0.2) is 0 Å². The van der Waals surface area contributed by atoms with Crippen molar-refractivity contribution in [3.05, 3.63) is 96.8 Å². The summed E-state index contributed by atoms with van der Waals surface area (Å²) in [5.74, 6) is 1.56. The fourth-order valence-electron chi connectivity index (χ4n) is 4.15. The van der Waals surface area contributed by atoms with Gasteiger partial charge in [0.2, 0.25) is 0 Å². The molecule has 0 saturated heterocycles. The maximum Gasteiger partial charge on any atom is 0.145 e. The molecule has 5 rings (SSSR count). The molecule has 1 atom stereocenters. The van der Waals surface area contributed by atoms with E-state index in [0.29, 0.717) is 6.61 Å². The number of hydrogen-bond acceptors (Lipinski definition) is 8. The van der Waals surface area contributed by atoms with Gasteiger partial charge in [0.05, 0.1) is 24.1 Å². The fourth-order valence-corrected chi connectivity index (χ4v) is 4.15. The highest BCUT2D eigenvalue weighted by molar-refractivity contribution is 5.90. The Kier molecular flexibility index (Phi) is 6.45. The van der Waals surface area contributed by atoms with Crippen LogP contribution in [0.15, 0.2) is 85.6 Å². The largest absolute Gasteiger partial charge is 0.489 e. The van der Waals surface area contributed by atoms with Crippen LogP contribution in [-0.2, 0) is 6.61 Å². The van der Waals surface area contributed by atoms with Crippen molar-refractivity contribution >= 4 is 22.4 Å². The maximum absolute atomic E-state index is 5.91. The molecule has 1 aliphatic heterocycles. The van der Waals surface area contributed by atoms with Crippen LogP contribution in [0.2, 0.25) is 0 Å². The van der Waals surface area contributed by atoms with Crippen molar-refractivity contribution < 1.29 is 4.74 Å². The summed E-state index contributed by atoms with van der Waals surface area (Å²) in [7, 11) is 6.18. The second-order valence-corrected chi connectivity index (χ2v) is 8.84. The van der Waals surface area contributed by atoms with Crippen molar-refractivity contribution in [3.8, 4) is 5.75 Å². The summed E-state index contributed by atoms with van der Waals surface area (Å²) >= 11 is 0. The van der Waals surface area contributed by atoms with Crippen LogP contribution in [0.25, 0.3) is 10.9 Å². The summed E-state index contributed by atoms with van der Waals surface area (Å²) < 4.78 is 5.91. The van der Waals surface area contributed by atoms with Gasteiger partial charge in [0, 0.05) is 30.5 Å². The number of pyridine rings is 1. The van der Waals surface area contributed by atoms with Gasteiger partial charge in [0.1, 0.15) is 30.7 Å². The third-order valence-corrected chi connectivity index (χ3v) is 5.81. The molecule has 8 heteroatoms. The van der Waals surface area contributed by atoms with E-state index in [1.165, 1.54) is 0 Å². The molecule has 0 radical (unpaired) electrons. The summed E-state index contributed by atoms with van der Waals surface area (Å²) in [6, 6.07) is 20.1. The number of nitrogens with zero attached hydrogens (tertiary/aromatic N) is 6. The molecule has 35 heavy (non-hydrogen) atoms. The van der Waals surface area contributed by atoms with E-state index >= 15 is 0 Å². The van der Waals surface area contributed by atoms with Gasteiger partial charge in [-0.05, 0) is 50.0 Å². The average molecular weight is 468 g/mol. The lowest BCUT2D eigenvalue weighted by molar-refractivity contribution is 0.122. The number of ether oxygens (including phenoxy) is 1. The number of fused-ring (bicyclic) bond motifs is 1. The number of anilines is 2. The highest BCUT2D eigenvalue weighted by Crippen LogP contribution is 2.31. The Bertz CT molecular complexity index is 1310. The molecular formula is C27H29N7O. The van der Waals surface area contributed by atoms with E-state index in [2.05, 4.69) is 81.7 Å². The number of nitrogens with one attached hydrogen (secondary N) is 1. The van der Waals surface area contributed by atoms with Crippen LogP contribution < -0.4 is 10.1 Å². The van der Waals surface area contributed by atoms with Crippen LogP contribution >= 0.6 is 0 Å². The molecule has 0 spiro atoms. The standard InChI is InChI=1S/C27H29N7O/c1-32(2)19-34-14-13-33(3)27(34)24-15-23-25(16-28-24)29-18-30-26(23)31-21-9-11-22(12-10-21)35-17-20-7-5-4-6-8-20/h4-16,18,27H,17,19H2,1-3H3,(H,29,30,31). The summed E-state index contributed by atoms with van der Waals surface area (Å²) in [5, 5.41) is 4.36. The first-order valence-corrected chi connectivity index (χ1v) is 11.5. The Morgan fingerprint density at radius 3 is 2.54 bits per heavy atom. The monoisotopic (exact) mass is 467 g/mol. The van der Waals surface area contributed by atoms with Crippen molar-refractivity contribution in [1.29, 1.82) is 0 Å². The number of rotatable bonds is 8. The van der Waals surface area contributed by atoms with Gasteiger partial charge in [-0.25, -0.2) is 9.97 Å². The smallest absolute Gasteiger partial charge is 0.145 e. The van der Waals surface area contributed by atoms with E-state index in [0.717, 1.165) is 46.1 Å². The summed E-state index contributed by atoms with van der Waals surface area (Å²) in [4.78, 5) is 20.2. The molecule has 1 unspecified atom stereocenters. The quantitative estimate of drug-likeness (QED) is 0.404. The summed E-state index contributed by atoms with van der Waals surface area (Å²) in [5.41, 5.74) is 3.79. The molecule has 2 aromatic heterocycles. The molecule has 8 nitrogen and oxygen atoms in total. The van der Waals surface area contributed by atoms with Crippen LogP contribution in [-0.4, -0.2) is 57.5 Å². The van der Waals surface area contributed by atoms with Gasteiger partial charge < -0.3 is 19.9 Å². The predicted octanol–water partition coefficient (Wildman–Crippen LogP) is 4.58. The van der Waals surface area contributed by atoms with Crippen LogP contribution in [0, 0.1) is 0 Å². The average Bonchev–Trinajstić information content (AvgIpc) is 3.23. The molecule has 0 aliphatic carbocycles. The zero-order valence-corrected chi connectivity index (χ0v) is 20.2. The third-order valence-electron chi connectivity index (χ3n) is 5.81. The summed E-state index contributed by atoms with van der Waals surface area (Å²) in [6.07, 6.45) is 7.56. The molecule has 1 N–H and O–H groups in total. The molecule has 0 bridgehead atoms. The van der Waals surface area contributed by atoms with E-state index in [9.17, 15) is 0 Å². The Labute approximate surface area is 205 Å². The molecule has 0 saturated carbocycles. The Hall–Kier alpha value is -4.17. The normalized spacial score (nSPS) is 15.3. The first-order valence-electron chi connectivity index (χ1n) is 11.5. The third kappa shape index (κ3) is 5.17. The number of benzene rings is 2. The van der Waals surface area contributed by atoms with Crippen molar-refractivity contribution in [1.82, 2.24) is 29.7 Å². The van der Waals surface area contributed by atoms with Gasteiger partial charge in [-0.2, -0.15) is 0 Å². The molecule has 3 heterocycles. The number of hydrogen-bond donors (Lipinski definition) is 1. The van der Waals surface area contributed by atoms with E-state index < -0.39 is 0 Å². The minimum Gasteiger partial charge on any atom is -0.489 e. The lowest BCUT2D eigenvalue weighted by Crippen LogP contribution is -2.35. The predicted molar refractivity (Wildman–Crippen MR) is 138 cm³/mol. The Morgan fingerprint density at radius 2 is 1.77 bits per heavy atom. The fraction of sp³-hybridized carbons (Fsp3) is 0.222. The maximum atomic E-state index is 5.91. The van der Waals surface area contributed by atoms with Crippen LogP contribution in [0.5, 0.6) is 5.75 Å². The highest BCUT2D eigenvalue weighted by Gasteiger charge is 2.27. The first-order chi connectivity index (χ1) is 17.1. The minimum atomic E-state index is 0.0101. The Balaban J connectivity index is 1.35. The molecular weight excluding hydrogens is 438 g/mol. The van der Waals surface area contributed by atoms with Gasteiger partial charge in [-0.3, -0.25) is 9.88 Å². The summed E-state index contributed by atoms with van der Waals surface area (Å²) in [6.45, 7) is 1.33. The second-order valence-electron chi connectivity index (χ2n) is 8.84. The SMILES string of the molecule is CN(C)CN1C=CN(C)C1c1cc2c(Nc3ccc(OCc4ccccc4)cc3)ncnc2cn1. The van der Waals surface area contributed by atoms with E-state index in [-0.39, 0.29) is 6.17 Å². The highest BCUT2D eigenvalue weighted by atomic mass is 16.5. The lowest BCUT2D eigenvalue weighted by atomic mass is 10.2. The zero-order chi connectivity index (χ0) is 24.2. The van der Waals surface area contributed by atoms with Crippen molar-refractivity contribution in [2.75, 3.05) is 33.1 Å². The Morgan fingerprint density at radius 1 is 0.971 bits per heavy atom. The van der Waals surface area contributed by atoms with Gasteiger partial charge in [-0.15, -0.1) is 0 Å². The van der Waals surface area contributed by atoms with E-state index in [1.807, 2.05) is 48.7 Å². The lowest BCUT2D eigenvalue weighted by Gasteiger charge is -2.32. The van der Waals surface area contributed by atoms with Gasteiger partial charge in [0.25, 0.3) is 0 Å². The van der Waals surface area contributed by atoms with Crippen LogP contribution in [0.4, 0.5) is 11.5 Å². The number of aromatic nitrogens is 3. The molecule has 178 valence electrons. The van der Waals surface area contributed by atoms with E-state index in [1.54, 1.807) is 6.33 Å². The first kappa shape index (κ1) is 22.6. The minimum absolute atomic E-state index is 0.0101. The van der Waals surface area contributed by atoms with Crippen molar-refractivity contribution in [2.45, 2.75) is 12.8 Å². The van der Waals surface area contributed by atoms with Crippen LogP contribution in [0.1, 0.15) is 17.4 Å². The van der Waals surface area contributed by atoms with Crippen molar-refractivity contribution in [2.24, 2.45) is 0 Å². The van der Waals surface area contributed by atoms with Crippen molar-refractivity contribution in [3.63, 3.8) is 0 Å². The topological polar surface area (TPSA) is 69.7 Å². The van der Waals surface area contributed by atoms with Crippen LogP contribution in [0.3, 0.4) is 0 Å². The molecule has 1 aliphatic rings. The van der Waals surface area contributed by atoms with E-state index in [4.69, 9.17) is 9.72 Å². The van der Waals surface area contributed by atoms with Gasteiger partial charge >= 0.3 is 0 Å². The molecule has 2 aromatic carbocycles. The molecule has 0 fully saturated rings. The molecule has 4 aromatic rings. The zero-order valence-electron chi connectivity index (χ0n) is 20.2. The second kappa shape index (κ2) is 9.99.